The molecule has 0 spiro atoms. The number of methoxy groups -OCH3 is 1. The van der Waals surface area contributed by atoms with Gasteiger partial charge in [-0.1, -0.05) is 0 Å². The Labute approximate surface area is 146 Å². The minimum atomic E-state index is -0.119. The smallest absolute Gasteiger partial charge is 0.229 e. The number of hydrogen-bond acceptors (Lipinski definition) is 5. The Bertz CT molecular complexity index is 739. The van der Waals surface area contributed by atoms with E-state index in [9.17, 15) is 4.79 Å². The number of benzene rings is 1. The van der Waals surface area contributed by atoms with E-state index < -0.39 is 0 Å². The van der Waals surface area contributed by atoms with Crippen LogP contribution in [0.5, 0.6) is 11.5 Å². The molecule has 3 heterocycles. The van der Waals surface area contributed by atoms with Gasteiger partial charge in [-0.05, 0) is 43.0 Å². The van der Waals surface area contributed by atoms with E-state index in [4.69, 9.17) is 9.47 Å². The van der Waals surface area contributed by atoms with E-state index >= 15 is 0 Å². The molecule has 1 fully saturated rings. The van der Waals surface area contributed by atoms with Gasteiger partial charge < -0.3 is 18.9 Å². The molecule has 0 saturated carbocycles. The highest BCUT2D eigenvalue weighted by atomic mass is 16.5. The Balaban J connectivity index is 1.39. The Kier molecular flexibility index (Phi) is 4.29. The number of carbonyl (C=O) groups is 1. The van der Waals surface area contributed by atoms with Gasteiger partial charge in [0.1, 0.15) is 30.8 Å². The van der Waals surface area contributed by atoms with Crippen LogP contribution in [-0.2, 0) is 11.2 Å². The molecule has 2 aliphatic heterocycles. The monoisotopic (exact) mass is 342 g/mol. The van der Waals surface area contributed by atoms with E-state index in [1.807, 2.05) is 27.7 Å². The Morgan fingerprint density at radius 1 is 1.24 bits per heavy atom. The number of aromatic nitrogens is 3. The van der Waals surface area contributed by atoms with Gasteiger partial charge in [-0.2, -0.15) is 0 Å². The Morgan fingerprint density at radius 3 is 2.72 bits per heavy atom. The molecule has 2 aliphatic rings. The highest BCUT2D eigenvalue weighted by Crippen LogP contribution is 2.32. The van der Waals surface area contributed by atoms with Gasteiger partial charge in [0, 0.05) is 19.1 Å². The summed E-state index contributed by atoms with van der Waals surface area (Å²) in [5.74, 6) is 1.73. The number of carbonyl (C=O) groups excluding carboxylic acids is 1. The van der Waals surface area contributed by atoms with Gasteiger partial charge in [-0.15, -0.1) is 10.2 Å². The van der Waals surface area contributed by atoms with Crippen molar-refractivity contribution < 1.29 is 14.3 Å². The zero-order valence-corrected chi connectivity index (χ0v) is 14.3. The second-order valence-electron chi connectivity index (χ2n) is 6.65. The van der Waals surface area contributed by atoms with Crippen LogP contribution in [0.25, 0.3) is 0 Å². The zero-order chi connectivity index (χ0) is 17.2. The second kappa shape index (κ2) is 6.74. The molecule has 0 radical (unpaired) electrons. The fraction of sp³-hybridized carbons (Fsp3) is 0.500. The zero-order valence-electron chi connectivity index (χ0n) is 14.3. The number of ether oxygens (including phenoxy) is 2. The van der Waals surface area contributed by atoms with Crippen LogP contribution in [0.15, 0.2) is 30.9 Å². The molecule has 1 amide bonds. The summed E-state index contributed by atoms with van der Waals surface area (Å²) in [7, 11) is 1.65. The minimum Gasteiger partial charge on any atom is -0.497 e. The first-order chi connectivity index (χ1) is 12.2. The fourth-order valence-corrected chi connectivity index (χ4v) is 3.70. The maximum Gasteiger partial charge on any atom is 0.229 e. The van der Waals surface area contributed by atoms with Crippen molar-refractivity contribution in [3.05, 3.63) is 36.4 Å². The third-order valence-corrected chi connectivity index (χ3v) is 5.16. The molecule has 132 valence electrons. The van der Waals surface area contributed by atoms with Crippen molar-refractivity contribution in [3.8, 4) is 11.5 Å². The molecule has 1 atom stereocenters. The van der Waals surface area contributed by atoms with E-state index in [0.717, 1.165) is 43.0 Å². The summed E-state index contributed by atoms with van der Waals surface area (Å²) in [6.07, 6.45) is 6.07. The van der Waals surface area contributed by atoms with Crippen molar-refractivity contribution in [1.82, 2.24) is 19.7 Å². The van der Waals surface area contributed by atoms with Gasteiger partial charge in [-0.3, -0.25) is 4.79 Å². The molecule has 1 aromatic carbocycles. The Hall–Kier alpha value is -2.57. The maximum atomic E-state index is 12.9. The SMILES string of the molecule is COc1ccc2c(c1)C[C@@H](C(=O)N1CCC(n3cnnc3)CC1)CO2. The van der Waals surface area contributed by atoms with Crippen LogP contribution in [0, 0.1) is 5.92 Å². The lowest BCUT2D eigenvalue weighted by Crippen LogP contribution is -2.45. The summed E-state index contributed by atoms with van der Waals surface area (Å²) in [6, 6.07) is 6.15. The summed E-state index contributed by atoms with van der Waals surface area (Å²) < 4.78 is 13.1. The van der Waals surface area contributed by atoms with Crippen LogP contribution in [-0.4, -0.2) is 52.4 Å². The first kappa shape index (κ1) is 15.9. The molecule has 0 bridgehead atoms. The maximum absolute atomic E-state index is 12.9. The van der Waals surface area contributed by atoms with Crippen LogP contribution in [0.3, 0.4) is 0 Å². The standard InChI is InChI=1S/C18H22N4O3/c1-24-16-2-3-17-13(9-16)8-14(10-25-17)18(23)21-6-4-15(5-7-21)22-11-19-20-12-22/h2-3,9,11-12,14-15H,4-8,10H2,1H3/t14-/m1/s1. The summed E-state index contributed by atoms with van der Waals surface area (Å²) in [5.41, 5.74) is 1.04. The first-order valence-corrected chi connectivity index (χ1v) is 8.67. The number of piperidine rings is 1. The van der Waals surface area contributed by atoms with Crippen molar-refractivity contribution in [2.75, 3.05) is 26.8 Å². The average Bonchev–Trinajstić information content (AvgIpc) is 3.21. The Morgan fingerprint density at radius 2 is 2.00 bits per heavy atom. The molecule has 7 nitrogen and oxygen atoms in total. The lowest BCUT2D eigenvalue weighted by molar-refractivity contribution is -0.138. The van der Waals surface area contributed by atoms with Gasteiger partial charge >= 0.3 is 0 Å². The summed E-state index contributed by atoms with van der Waals surface area (Å²) in [5, 5.41) is 7.73. The van der Waals surface area contributed by atoms with E-state index in [0.29, 0.717) is 19.1 Å². The van der Waals surface area contributed by atoms with Crippen molar-refractivity contribution >= 4 is 5.91 Å². The normalized spacial score (nSPS) is 20.7. The minimum absolute atomic E-state index is 0.119. The molecule has 25 heavy (non-hydrogen) atoms. The van der Waals surface area contributed by atoms with Gasteiger partial charge in [0.15, 0.2) is 0 Å². The van der Waals surface area contributed by atoms with Crippen LogP contribution < -0.4 is 9.47 Å². The fourth-order valence-electron chi connectivity index (χ4n) is 3.70. The summed E-state index contributed by atoms with van der Waals surface area (Å²) >= 11 is 0. The molecule has 1 saturated heterocycles. The lowest BCUT2D eigenvalue weighted by Gasteiger charge is -2.35. The van der Waals surface area contributed by atoms with E-state index in [1.54, 1.807) is 19.8 Å². The number of likely N-dealkylation sites (tertiary alicyclic amines) is 1. The first-order valence-electron chi connectivity index (χ1n) is 8.67. The van der Waals surface area contributed by atoms with Crippen molar-refractivity contribution in [2.45, 2.75) is 25.3 Å². The average molecular weight is 342 g/mol. The van der Waals surface area contributed by atoms with Gasteiger partial charge in [0.25, 0.3) is 0 Å². The van der Waals surface area contributed by atoms with Crippen LogP contribution in [0.1, 0.15) is 24.4 Å². The van der Waals surface area contributed by atoms with Gasteiger partial charge in [0.2, 0.25) is 5.91 Å². The van der Waals surface area contributed by atoms with Crippen LogP contribution in [0.2, 0.25) is 0 Å². The molecular weight excluding hydrogens is 320 g/mol. The number of fused-ring (bicyclic) bond motifs is 1. The van der Waals surface area contributed by atoms with Gasteiger partial charge in [0.05, 0.1) is 13.0 Å². The van der Waals surface area contributed by atoms with E-state index in [1.165, 1.54) is 0 Å². The van der Waals surface area contributed by atoms with Crippen molar-refractivity contribution in [1.29, 1.82) is 0 Å². The van der Waals surface area contributed by atoms with Crippen LogP contribution in [0.4, 0.5) is 0 Å². The number of amides is 1. The van der Waals surface area contributed by atoms with Crippen molar-refractivity contribution in [3.63, 3.8) is 0 Å². The summed E-state index contributed by atoms with van der Waals surface area (Å²) in [4.78, 5) is 14.9. The predicted molar refractivity (Wildman–Crippen MR) is 90.6 cm³/mol. The quantitative estimate of drug-likeness (QED) is 0.849. The van der Waals surface area contributed by atoms with E-state index in [-0.39, 0.29) is 11.8 Å². The largest absolute Gasteiger partial charge is 0.497 e. The molecule has 4 rings (SSSR count). The molecule has 0 N–H and O–H groups in total. The molecule has 1 aromatic heterocycles. The highest BCUT2D eigenvalue weighted by molar-refractivity contribution is 5.80. The van der Waals surface area contributed by atoms with Gasteiger partial charge in [-0.25, -0.2) is 0 Å². The lowest BCUT2D eigenvalue weighted by atomic mass is 9.94. The summed E-state index contributed by atoms with van der Waals surface area (Å²) in [6.45, 7) is 1.98. The topological polar surface area (TPSA) is 69.5 Å². The number of nitrogens with zero attached hydrogens (tertiary/aromatic N) is 4. The highest BCUT2D eigenvalue weighted by Gasteiger charge is 2.32. The van der Waals surface area contributed by atoms with Crippen molar-refractivity contribution in [2.24, 2.45) is 5.92 Å². The predicted octanol–water partition coefficient (Wildman–Crippen LogP) is 1.70. The van der Waals surface area contributed by atoms with Crippen LogP contribution >= 0.6 is 0 Å². The number of hydrogen-bond donors (Lipinski definition) is 0. The number of rotatable bonds is 3. The molecule has 0 aliphatic carbocycles. The molecule has 7 heteroatoms. The van der Waals surface area contributed by atoms with E-state index in [2.05, 4.69) is 10.2 Å². The molecule has 0 unspecified atom stereocenters. The second-order valence-corrected chi connectivity index (χ2v) is 6.65. The third kappa shape index (κ3) is 3.18. The molecular formula is C18H22N4O3. The third-order valence-electron chi connectivity index (χ3n) is 5.16. The molecule has 2 aromatic rings.